The molecule has 172 valence electrons. The van der Waals surface area contributed by atoms with Crippen LogP contribution in [0.15, 0.2) is 91.3 Å². The lowest BCUT2D eigenvalue weighted by molar-refractivity contribution is 0.281. The number of para-hydroxylation sites is 1. The van der Waals surface area contributed by atoms with E-state index < -0.39 is 0 Å². The van der Waals surface area contributed by atoms with E-state index in [4.69, 9.17) is 9.97 Å². The van der Waals surface area contributed by atoms with Gasteiger partial charge in [-0.2, -0.15) is 0 Å². The molecule has 0 aliphatic carbocycles. The summed E-state index contributed by atoms with van der Waals surface area (Å²) >= 11 is 0. The highest BCUT2D eigenvalue weighted by Gasteiger charge is 2.25. The smallest absolute Gasteiger partial charge is 0.185 e. The third-order valence-electron chi connectivity index (χ3n) is 6.17. The van der Waals surface area contributed by atoms with Gasteiger partial charge in [0.05, 0.1) is 16.6 Å². The number of hydrogen-bond acceptors (Lipinski definition) is 5. The van der Waals surface area contributed by atoms with E-state index >= 15 is 0 Å². The Morgan fingerprint density at radius 1 is 0.771 bits per heavy atom. The number of hydrogen-bond donors (Lipinski definition) is 2. The van der Waals surface area contributed by atoms with Gasteiger partial charge in [-0.05, 0) is 29.7 Å². The van der Waals surface area contributed by atoms with Crippen LogP contribution in [0.1, 0.15) is 6.42 Å². The largest absolute Gasteiger partial charge is 0.507 e. The second kappa shape index (κ2) is 8.70. The number of aromatic nitrogens is 5. The maximum Gasteiger partial charge on any atom is 0.185 e. The molecule has 35 heavy (non-hydrogen) atoms. The molecule has 0 saturated carbocycles. The van der Waals surface area contributed by atoms with Crippen LogP contribution in [0.3, 0.4) is 0 Å². The summed E-state index contributed by atoms with van der Waals surface area (Å²) in [6.07, 6.45) is 2.26. The summed E-state index contributed by atoms with van der Waals surface area (Å²) in [5.74, 6) is 0.558. The van der Waals surface area contributed by atoms with Crippen molar-refractivity contribution in [2.75, 3.05) is 6.61 Å². The number of benzene rings is 3. The first kappa shape index (κ1) is 21.1. The van der Waals surface area contributed by atoms with Gasteiger partial charge in [0.2, 0.25) is 0 Å². The van der Waals surface area contributed by atoms with Crippen LogP contribution in [0.4, 0.5) is 0 Å². The third-order valence-corrected chi connectivity index (χ3v) is 6.17. The molecular formula is C28H23N5O2. The Kier molecular flexibility index (Phi) is 5.24. The number of aliphatic hydroxyl groups is 1. The lowest BCUT2D eigenvalue weighted by Gasteiger charge is -2.12. The molecule has 0 unspecified atom stereocenters. The van der Waals surface area contributed by atoms with E-state index in [-0.39, 0.29) is 12.4 Å². The number of phenolic OH excluding ortho intramolecular Hbond substituents is 1. The monoisotopic (exact) mass is 461 g/mol. The molecule has 0 spiro atoms. The van der Waals surface area contributed by atoms with Crippen LogP contribution >= 0.6 is 0 Å². The van der Waals surface area contributed by atoms with Crippen LogP contribution in [0.25, 0.3) is 50.5 Å². The highest BCUT2D eigenvalue weighted by molar-refractivity contribution is 6.09. The van der Waals surface area contributed by atoms with Crippen molar-refractivity contribution in [3.8, 4) is 39.5 Å². The zero-order chi connectivity index (χ0) is 23.8. The molecule has 0 atom stereocenters. The van der Waals surface area contributed by atoms with Gasteiger partial charge >= 0.3 is 0 Å². The van der Waals surface area contributed by atoms with E-state index in [9.17, 15) is 10.2 Å². The summed E-state index contributed by atoms with van der Waals surface area (Å²) in [6, 6.07) is 27.5. The van der Waals surface area contributed by atoms with Crippen molar-refractivity contribution in [3.63, 3.8) is 0 Å². The van der Waals surface area contributed by atoms with Gasteiger partial charge in [-0.3, -0.25) is 0 Å². The van der Waals surface area contributed by atoms with Crippen LogP contribution in [0, 0.1) is 0 Å². The molecule has 0 aliphatic rings. The van der Waals surface area contributed by atoms with Gasteiger partial charge in [-0.15, -0.1) is 5.10 Å². The van der Waals surface area contributed by atoms with Crippen molar-refractivity contribution in [1.82, 2.24) is 24.1 Å². The Hall–Kier alpha value is -4.49. The predicted octanol–water partition coefficient (Wildman–Crippen LogP) is 5.17. The lowest BCUT2D eigenvalue weighted by atomic mass is 9.99. The minimum Gasteiger partial charge on any atom is -0.507 e. The summed E-state index contributed by atoms with van der Waals surface area (Å²) in [5, 5.41) is 25.5. The molecule has 3 heterocycles. The zero-order valence-corrected chi connectivity index (χ0v) is 18.9. The van der Waals surface area contributed by atoms with Crippen molar-refractivity contribution < 1.29 is 10.2 Å². The summed E-state index contributed by atoms with van der Waals surface area (Å²) in [6.45, 7) is 0.687. The quantitative estimate of drug-likeness (QED) is 0.357. The Morgan fingerprint density at radius 2 is 1.46 bits per heavy atom. The summed E-state index contributed by atoms with van der Waals surface area (Å²) in [7, 11) is 0. The van der Waals surface area contributed by atoms with Gasteiger partial charge in [0.15, 0.2) is 11.5 Å². The van der Waals surface area contributed by atoms with Crippen LogP contribution in [-0.4, -0.2) is 41.0 Å². The highest BCUT2D eigenvalue weighted by Crippen LogP contribution is 2.42. The fourth-order valence-corrected chi connectivity index (χ4v) is 4.64. The van der Waals surface area contributed by atoms with Crippen molar-refractivity contribution in [2.24, 2.45) is 0 Å². The molecule has 0 bridgehead atoms. The Morgan fingerprint density at radius 3 is 2.17 bits per heavy atom. The van der Waals surface area contributed by atoms with Gasteiger partial charge in [-0.1, -0.05) is 72.8 Å². The Bertz CT molecular complexity index is 1640. The minimum absolute atomic E-state index is 0.0825. The van der Waals surface area contributed by atoms with E-state index in [0.29, 0.717) is 30.0 Å². The van der Waals surface area contributed by atoms with Crippen LogP contribution in [0.5, 0.6) is 5.75 Å². The van der Waals surface area contributed by atoms with Gasteiger partial charge in [0.25, 0.3) is 0 Å². The number of rotatable bonds is 6. The topological polar surface area (TPSA) is 88.5 Å². The Labute approximate surface area is 201 Å². The summed E-state index contributed by atoms with van der Waals surface area (Å²) in [4.78, 5) is 9.68. The fraction of sp³-hybridized carbons (Fsp3) is 0.107. The van der Waals surface area contributed by atoms with Crippen LogP contribution in [0.2, 0.25) is 0 Å². The molecule has 0 saturated heterocycles. The maximum atomic E-state index is 10.4. The molecule has 0 amide bonds. The second-order valence-electron chi connectivity index (χ2n) is 8.35. The molecule has 7 heteroatoms. The van der Waals surface area contributed by atoms with Crippen LogP contribution < -0.4 is 0 Å². The van der Waals surface area contributed by atoms with E-state index in [1.165, 1.54) is 0 Å². The predicted molar refractivity (Wildman–Crippen MR) is 136 cm³/mol. The van der Waals surface area contributed by atoms with Gasteiger partial charge < -0.3 is 14.8 Å². The molecule has 0 radical (unpaired) electrons. The van der Waals surface area contributed by atoms with Crippen LogP contribution in [-0.2, 0) is 6.54 Å². The Balaban J connectivity index is 1.74. The normalized spacial score (nSPS) is 11.5. The number of aliphatic hydroxyl groups excluding tert-OH is 1. The molecule has 7 nitrogen and oxygen atoms in total. The maximum absolute atomic E-state index is 10.4. The fourth-order valence-electron chi connectivity index (χ4n) is 4.64. The third kappa shape index (κ3) is 3.53. The van der Waals surface area contributed by atoms with Gasteiger partial charge in [0, 0.05) is 18.7 Å². The van der Waals surface area contributed by atoms with Crippen molar-refractivity contribution in [1.29, 1.82) is 0 Å². The molecule has 6 rings (SSSR count). The summed E-state index contributed by atoms with van der Waals surface area (Å²) in [5.41, 5.74) is 6.13. The number of aromatic hydroxyl groups is 1. The minimum atomic E-state index is 0.0825. The number of fused-ring (bicyclic) bond motifs is 3. The standard InChI is InChI=1S/C28H23N5O2/c34-17-9-16-32-25(20-12-5-2-6-13-20)23(19-10-3-1-4-11-19)24-27(32)29-18-33-28(24)30-26(31-33)21-14-7-8-15-22(21)35/h1-8,10-15,18,34-35H,9,16-17H2. The van der Waals surface area contributed by atoms with Crippen molar-refractivity contribution in [2.45, 2.75) is 13.0 Å². The van der Waals surface area contributed by atoms with E-state index in [0.717, 1.165) is 33.4 Å². The number of nitrogens with zero attached hydrogens (tertiary/aromatic N) is 5. The molecule has 0 fully saturated rings. The van der Waals surface area contributed by atoms with Gasteiger partial charge in [0.1, 0.15) is 17.7 Å². The average Bonchev–Trinajstić information content (AvgIpc) is 3.48. The van der Waals surface area contributed by atoms with E-state index in [2.05, 4.69) is 33.9 Å². The van der Waals surface area contributed by atoms with Gasteiger partial charge in [-0.25, -0.2) is 14.5 Å². The average molecular weight is 462 g/mol. The SMILES string of the molecule is OCCCn1c(-c2ccccc2)c(-c2ccccc2)c2c1ncn1nc(-c3ccccc3O)nc21. The lowest BCUT2D eigenvalue weighted by Crippen LogP contribution is -2.04. The molecule has 6 aromatic rings. The van der Waals surface area contributed by atoms with E-state index in [1.54, 1.807) is 29.0 Å². The molecule has 0 aliphatic heterocycles. The van der Waals surface area contributed by atoms with Crippen molar-refractivity contribution in [3.05, 3.63) is 91.3 Å². The first-order chi connectivity index (χ1) is 17.3. The first-order valence-corrected chi connectivity index (χ1v) is 11.5. The molecular weight excluding hydrogens is 438 g/mol. The summed E-state index contributed by atoms with van der Waals surface area (Å²) < 4.78 is 3.83. The molecule has 3 aromatic heterocycles. The molecule has 2 N–H and O–H groups in total. The first-order valence-electron chi connectivity index (χ1n) is 11.5. The number of aryl methyl sites for hydroxylation is 1. The highest BCUT2D eigenvalue weighted by atomic mass is 16.3. The van der Waals surface area contributed by atoms with Crippen molar-refractivity contribution >= 4 is 16.7 Å². The zero-order valence-electron chi connectivity index (χ0n) is 18.9. The van der Waals surface area contributed by atoms with E-state index in [1.807, 2.05) is 42.5 Å². The second-order valence-corrected chi connectivity index (χ2v) is 8.35. The number of phenols is 1. The molecule has 3 aromatic carbocycles.